The van der Waals surface area contributed by atoms with Gasteiger partial charge in [-0.15, -0.1) is 0 Å². The van der Waals surface area contributed by atoms with Gasteiger partial charge in [0.15, 0.2) is 0 Å². The lowest BCUT2D eigenvalue weighted by Crippen LogP contribution is -2.33. The molecule has 4 nitrogen and oxygen atoms in total. The van der Waals surface area contributed by atoms with Gasteiger partial charge in [0.25, 0.3) is 0 Å². The Morgan fingerprint density at radius 2 is 2.00 bits per heavy atom. The van der Waals surface area contributed by atoms with Crippen LogP contribution in [0.1, 0.15) is 40.0 Å². The van der Waals surface area contributed by atoms with Crippen molar-refractivity contribution >= 4 is 11.4 Å². The molecule has 1 atom stereocenters. The summed E-state index contributed by atoms with van der Waals surface area (Å²) in [6.45, 7) is 6.62. The molecule has 0 aromatic carbocycles. The van der Waals surface area contributed by atoms with Crippen LogP contribution in [-0.4, -0.2) is 16.6 Å². The normalized spacial score (nSPS) is 29.8. The van der Waals surface area contributed by atoms with Crippen molar-refractivity contribution in [2.75, 3.05) is 0 Å². The van der Waals surface area contributed by atoms with E-state index in [0.29, 0.717) is 11.6 Å². The van der Waals surface area contributed by atoms with Crippen LogP contribution in [0.25, 0.3) is 0 Å². The molecule has 80 valence electrons. The number of hydrogen-bond donors (Lipinski definition) is 2. The summed E-state index contributed by atoms with van der Waals surface area (Å²) in [5.41, 5.74) is 1.64. The van der Waals surface area contributed by atoms with E-state index in [-0.39, 0.29) is 5.41 Å². The first-order chi connectivity index (χ1) is 6.49. The average Bonchev–Trinajstić information content (AvgIpc) is 2.15. The van der Waals surface area contributed by atoms with Gasteiger partial charge in [0.1, 0.15) is 5.71 Å². The molecule has 4 heteroatoms. The molecular weight excluding hydrogens is 178 g/mol. The van der Waals surface area contributed by atoms with E-state index in [1.54, 1.807) is 0 Å². The zero-order valence-corrected chi connectivity index (χ0v) is 9.12. The number of nitrogens with zero attached hydrogens (tertiary/aromatic N) is 2. The molecule has 1 rings (SSSR count). The van der Waals surface area contributed by atoms with Gasteiger partial charge in [0, 0.05) is 0 Å². The summed E-state index contributed by atoms with van der Waals surface area (Å²) in [6.07, 6.45) is 2.66. The third-order valence-electron chi connectivity index (χ3n) is 3.00. The molecule has 1 aliphatic rings. The third kappa shape index (κ3) is 2.25. The fourth-order valence-corrected chi connectivity index (χ4v) is 1.89. The van der Waals surface area contributed by atoms with Gasteiger partial charge < -0.3 is 11.0 Å². The van der Waals surface area contributed by atoms with Crippen LogP contribution in [0.5, 0.6) is 0 Å². The largest absolute Gasteiger partial charge is 0.411 e. The minimum atomic E-state index is 0.246. The molecule has 1 aliphatic carbocycles. The smallest absolute Gasteiger partial charge is 0.103 e. The minimum absolute atomic E-state index is 0.246. The topological polar surface area (TPSA) is 71.0 Å². The lowest BCUT2D eigenvalue weighted by Gasteiger charge is -2.34. The van der Waals surface area contributed by atoms with Gasteiger partial charge in [-0.25, -0.2) is 0 Å². The van der Waals surface area contributed by atoms with Gasteiger partial charge >= 0.3 is 0 Å². The average molecular weight is 197 g/mol. The number of nitrogens with two attached hydrogens (primary N) is 1. The molecule has 3 N–H and O–H groups in total. The molecule has 0 aliphatic heterocycles. The van der Waals surface area contributed by atoms with Crippen LogP contribution in [0.15, 0.2) is 10.3 Å². The Labute approximate surface area is 84.9 Å². The second-order valence-electron chi connectivity index (χ2n) is 4.93. The number of rotatable bonds is 0. The Morgan fingerprint density at radius 1 is 1.36 bits per heavy atom. The quantitative estimate of drug-likeness (QED) is 0.354. The molecule has 1 fully saturated rings. The highest BCUT2D eigenvalue weighted by molar-refractivity contribution is 6.42. The van der Waals surface area contributed by atoms with E-state index in [4.69, 9.17) is 11.0 Å². The first-order valence-corrected chi connectivity index (χ1v) is 4.97. The highest BCUT2D eigenvalue weighted by Crippen LogP contribution is 2.35. The number of oxime groups is 1. The van der Waals surface area contributed by atoms with Gasteiger partial charge in [-0.1, -0.05) is 25.9 Å². The molecule has 14 heavy (non-hydrogen) atoms. The molecule has 0 heterocycles. The molecule has 0 bridgehead atoms. The van der Waals surface area contributed by atoms with Crippen molar-refractivity contribution in [3.8, 4) is 0 Å². The maximum Gasteiger partial charge on any atom is 0.103 e. The maximum absolute atomic E-state index is 8.83. The molecule has 0 amide bonds. The van der Waals surface area contributed by atoms with E-state index >= 15 is 0 Å². The third-order valence-corrected chi connectivity index (χ3v) is 3.00. The minimum Gasteiger partial charge on any atom is -0.411 e. The Bertz CT molecular complexity index is 263. The van der Waals surface area contributed by atoms with Gasteiger partial charge in [-0.2, -0.15) is 5.10 Å². The van der Waals surface area contributed by atoms with Crippen molar-refractivity contribution in [2.24, 2.45) is 27.4 Å². The molecule has 1 saturated carbocycles. The Kier molecular flexibility index (Phi) is 3.13. The van der Waals surface area contributed by atoms with E-state index in [9.17, 15) is 0 Å². The monoisotopic (exact) mass is 197 g/mol. The van der Waals surface area contributed by atoms with Crippen LogP contribution < -0.4 is 5.84 Å². The van der Waals surface area contributed by atoms with Crippen molar-refractivity contribution in [3.05, 3.63) is 0 Å². The summed E-state index contributed by atoms with van der Waals surface area (Å²) >= 11 is 0. The van der Waals surface area contributed by atoms with Gasteiger partial charge in [-0.05, 0) is 30.6 Å². The maximum atomic E-state index is 8.83. The summed E-state index contributed by atoms with van der Waals surface area (Å²) in [4.78, 5) is 0. The van der Waals surface area contributed by atoms with Crippen LogP contribution in [0.4, 0.5) is 0 Å². The van der Waals surface area contributed by atoms with Crippen LogP contribution in [0.3, 0.4) is 0 Å². The number of hydrazone groups is 1. The van der Waals surface area contributed by atoms with E-state index in [1.165, 1.54) is 0 Å². The molecule has 0 spiro atoms. The van der Waals surface area contributed by atoms with Gasteiger partial charge in [0.2, 0.25) is 0 Å². The molecule has 1 unspecified atom stereocenters. The van der Waals surface area contributed by atoms with Crippen LogP contribution in [-0.2, 0) is 0 Å². The molecule has 0 aromatic rings. The zero-order valence-electron chi connectivity index (χ0n) is 9.12. The predicted molar refractivity (Wildman–Crippen MR) is 57.6 cm³/mol. The van der Waals surface area contributed by atoms with Gasteiger partial charge in [-0.3, -0.25) is 0 Å². The van der Waals surface area contributed by atoms with Crippen LogP contribution in [0, 0.1) is 11.3 Å². The van der Waals surface area contributed by atoms with E-state index in [1.807, 2.05) is 0 Å². The van der Waals surface area contributed by atoms with Crippen molar-refractivity contribution in [2.45, 2.75) is 40.0 Å². The zero-order chi connectivity index (χ0) is 10.8. The predicted octanol–water partition coefficient (Wildman–Crippen LogP) is 1.98. The van der Waals surface area contributed by atoms with Crippen molar-refractivity contribution in [1.82, 2.24) is 0 Å². The summed E-state index contributed by atoms with van der Waals surface area (Å²) in [7, 11) is 0. The SMILES string of the molecule is CC(C)(C)C1CCC(=NN)C(=NO)C1. The first kappa shape index (κ1) is 11.0. The highest BCUT2D eigenvalue weighted by atomic mass is 16.4. The fraction of sp³-hybridized carbons (Fsp3) is 0.800. The summed E-state index contributed by atoms with van der Waals surface area (Å²) in [5, 5.41) is 15.7. The van der Waals surface area contributed by atoms with E-state index in [2.05, 4.69) is 31.0 Å². The van der Waals surface area contributed by atoms with Crippen LogP contribution in [0.2, 0.25) is 0 Å². The highest BCUT2D eigenvalue weighted by Gasteiger charge is 2.31. The molecule has 0 radical (unpaired) electrons. The molecule has 0 aromatic heterocycles. The summed E-state index contributed by atoms with van der Waals surface area (Å²) < 4.78 is 0. The fourth-order valence-electron chi connectivity index (χ4n) is 1.89. The lowest BCUT2D eigenvalue weighted by molar-refractivity contribution is 0.229. The van der Waals surface area contributed by atoms with Crippen molar-refractivity contribution in [1.29, 1.82) is 0 Å². The second kappa shape index (κ2) is 3.98. The molecular formula is C10H19N3O. The summed E-state index contributed by atoms with van der Waals surface area (Å²) in [6, 6.07) is 0. The second-order valence-corrected chi connectivity index (χ2v) is 4.93. The van der Waals surface area contributed by atoms with Crippen molar-refractivity contribution < 1.29 is 5.21 Å². The molecule has 0 saturated heterocycles. The van der Waals surface area contributed by atoms with Gasteiger partial charge in [0.05, 0.1) is 5.71 Å². The Hall–Kier alpha value is -1.06. The lowest BCUT2D eigenvalue weighted by atomic mass is 9.71. The number of hydrogen-bond acceptors (Lipinski definition) is 4. The first-order valence-electron chi connectivity index (χ1n) is 4.97. The van der Waals surface area contributed by atoms with E-state index < -0.39 is 0 Å². The standard InChI is InChI=1S/C10H19N3O/c1-10(2,3)7-4-5-8(12-11)9(6-7)13-14/h7,14H,4-6,11H2,1-3H3. The van der Waals surface area contributed by atoms with Crippen LogP contribution >= 0.6 is 0 Å². The van der Waals surface area contributed by atoms with Crippen molar-refractivity contribution in [3.63, 3.8) is 0 Å². The summed E-state index contributed by atoms with van der Waals surface area (Å²) in [5.74, 6) is 5.76. The van der Waals surface area contributed by atoms with E-state index in [0.717, 1.165) is 25.0 Å². The Morgan fingerprint density at radius 3 is 2.43 bits per heavy atom. The Balaban J connectivity index is 2.77.